The fraction of sp³-hybridized carbons (Fsp3) is 1.00. The van der Waals surface area contributed by atoms with Crippen molar-refractivity contribution < 1.29 is 13.2 Å². The molecule has 0 amide bonds. The highest BCUT2D eigenvalue weighted by atomic mass is 32.2. The lowest BCUT2D eigenvalue weighted by Crippen LogP contribution is -2.43. The van der Waals surface area contributed by atoms with Gasteiger partial charge in [-0.05, 0) is 45.1 Å². The number of rotatable bonds is 5. The van der Waals surface area contributed by atoms with E-state index in [2.05, 4.69) is 12.2 Å². The van der Waals surface area contributed by atoms with E-state index in [1.165, 1.54) is 0 Å². The Morgan fingerprint density at radius 3 is 2.53 bits per heavy atom. The van der Waals surface area contributed by atoms with E-state index < -0.39 is 9.84 Å². The molecule has 2 atom stereocenters. The van der Waals surface area contributed by atoms with Crippen molar-refractivity contribution in [2.24, 2.45) is 0 Å². The topological polar surface area (TPSA) is 55.4 Å². The molecule has 1 aliphatic carbocycles. The molecule has 19 heavy (non-hydrogen) atoms. The van der Waals surface area contributed by atoms with Gasteiger partial charge in [0, 0.05) is 19.3 Å². The fourth-order valence-electron chi connectivity index (χ4n) is 3.25. The first-order valence-electron chi connectivity index (χ1n) is 7.68. The van der Waals surface area contributed by atoms with Gasteiger partial charge >= 0.3 is 0 Å². The molecule has 2 fully saturated rings. The van der Waals surface area contributed by atoms with Gasteiger partial charge in [0.1, 0.15) is 0 Å². The summed E-state index contributed by atoms with van der Waals surface area (Å²) in [6, 6.07) is 0.397. The first-order valence-corrected chi connectivity index (χ1v) is 9.29. The zero-order valence-corrected chi connectivity index (χ0v) is 12.8. The molecule has 4 nitrogen and oxygen atoms in total. The van der Waals surface area contributed by atoms with Crippen LogP contribution in [0.4, 0.5) is 0 Å². The SMILES string of the molecule is CCCNC1CCCC(S(=O)(=O)C2CCOCC2)C1. The molecule has 0 radical (unpaired) electrons. The molecule has 1 aliphatic heterocycles. The summed E-state index contributed by atoms with van der Waals surface area (Å²) < 4.78 is 30.6. The van der Waals surface area contributed by atoms with Crippen LogP contribution in [0, 0.1) is 0 Å². The molecule has 0 aromatic heterocycles. The molecule has 1 saturated carbocycles. The maximum Gasteiger partial charge on any atom is 0.156 e. The van der Waals surface area contributed by atoms with Crippen molar-refractivity contribution in [1.82, 2.24) is 5.32 Å². The van der Waals surface area contributed by atoms with Crippen LogP contribution in [-0.4, -0.2) is 44.7 Å². The van der Waals surface area contributed by atoms with E-state index >= 15 is 0 Å². The maximum absolute atomic E-state index is 12.7. The van der Waals surface area contributed by atoms with Gasteiger partial charge in [0.05, 0.1) is 10.5 Å². The maximum atomic E-state index is 12.7. The normalized spacial score (nSPS) is 30.4. The molecule has 1 saturated heterocycles. The molecule has 112 valence electrons. The number of nitrogens with one attached hydrogen (secondary N) is 1. The third kappa shape index (κ3) is 3.92. The molecule has 0 spiro atoms. The summed E-state index contributed by atoms with van der Waals surface area (Å²) in [7, 11) is -2.96. The predicted molar refractivity (Wildman–Crippen MR) is 77.1 cm³/mol. The predicted octanol–water partition coefficient (Wildman–Crippen LogP) is 1.89. The number of hydrogen-bond acceptors (Lipinski definition) is 4. The van der Waals surface area contributed by atoms with Crippen molar-refractivity contribution in [3.8, 4) is 0 Å². The highest BCUT2D eigenvalue weighted by Crippen LogP contribution is 2.30. The zero-order chi connectivity index (χ0) is 13.7. The summed E-state index contributed by atoms with van der Waals surface area (Å²) in [4.78, 5) is 0. The van der Waals surface area contributed by atoms with Crippen LogP contribution in [0.25, 0.3) is 0 Å². The minimum Gasteiger partial charge on any atom is -0.381 e. The summed E-state index contributed by atoms with van der Waals surface area (Å²) in [5.41, 5.74) is 0. The first kappa shape index (κ1) is 15.3. The van der Waals surface area contributed by atoms with Gasteiger partial charge in [0.15, 0.2) is 9.84 Å². The Balaban J connectivity index is 1.95. The largest absolute Gasteiger partial charge is 0.381 e. The van der Waals surface area contributed by atoms with Crippen LogP contribution in [0.5, 0.6) is 0 Å². The molecule has 2 aliphatic rings. The standard InChI is InChI=1S/C14H27NO3S/c1-2-8-15-12-4-3-5-14(11-12)19(16,17)13-6-9-18-10-7-13/h12-15H,2-11H2,1H3. The number of ether oxygens (including phenoxy) is 1. The van der Waals surface area contributed by atoms with Gasteiger partial charge in [0.2, 0.25) is 0 Å². The van der Waals surface area contributed by atoms with Crippen LogP contribution >= 0.6 is 0 Å². The van der Waals surface area contributed by atoms with Crippen molar-refractivity contribution >= 4 is 9.84 Å². The Kier molecular flexibility index (Phi) is 5.66. The van der Waals surface area contributed by atoms with E-state index in [4.69, 9.17) is 4.74 Å². The third-order valence-corrected chi connectivity index (χ3v) is 7.16. The molecular formula is C14H27NO3S. The monoisotopic (exact) mass is 289 g/mol. The van der Waals surface area contributed by atoms with Gasteiger partial charge in [-0.15, -0.1) is 0 Å². The van der Waals surface area contributed by atoms with Crippen molar-refractivity contribution in [2.75, 3.05) is 19.8 Å². The minimum absolute atomic E-state index is 0.126. The van der Waals surface area contributed by atoms with Gasteiger partial charge in [-0.3, -0.25) is 0 Å². The summed E-state index contributed by atoms with van der Waals surface area (Å²) in [6.45, 7) is 4.35. The molecule has 2 rings (SSSR count). The molecule has 0 bridgehead atoms. The van der Waals surface area contributed by atoms with Gasteiger partial charge in [0.25, 0.3) is 0 Å². The van der Waals surface area contributed by atoms with Crippen LogP contribution in [0.1, 0.15) is 51.9 Å². The Hall–Kier alpha value is -0.130. The molecular weight excluding hydrogens is 262 g/mol. The summed E-state index contributed by atoms with van der Waals surface area (Å²) in [5.74, 6) is 0. The van der Waals surface area contributed by atoms with Crippen LogP contribution in [-0.2, 0) is 14.6 Å². The van der Waals surface area contributed by atoms with Gasteiger partial charge in [-0.2, -0.15) is 0 Å². The van der Waals surface area contributed by atoms with Crippen molar-refractivity contribution in [3.63, 3.8) is 0 Å². The zero-order valence-electron chi connectivity index (χ0n) is 11.9. The van der Waals surface area contributed by atoms with Crippen molar-refractivity contribution in [3.05, 3.63) is 0 Å². The fourth-order valence-corrected chi connectivity index (χ4v) is 5.64. The third-order valence-electron chi connectivity index (χ3n) is 4.41. The van der Waals surface area contributed by atoms with Crippen LogP contribution in [0.3, 0.4) is 0 Å². The van der Waals surface area contributed by atoms with Crippen LogP contribution < -0.4 is 5.32 Å². The lowest BCUT2D eigenvalue weighted by molar-refractivity contribution is 0.0980. The van der Waals surface area contributed by atoms with E-state index in [0.717, 1.165) is 38.6 Å². The summed E-state index contributed by atoms with van der Waals surface area (Å²) >= 11 is 0. The molecule has 5 heteroatoms. The average Bonchev–Trinajstić information content (AvgIpc) is 2.46. The highest BCUT2D eigenvalue weighted by molar-refractivity contribution is 7.92. The van der Waals surface area contributed by atoms with Gasteiger partial charge < -0.3 is 10.1 Å². The second-order valence-electron chi connectivity index (χ2n) is 5.84. The average molecular weight is 289 g/mol. The number of sulfone groups is 1. The Labute approximate surface area is 117 Å². The summed E-state index contributed by atoms with van der Waals surface area (Å²) in [6.07, 6.45) is 6.30. The highest BCUT2D eigenvalue weighted by Gasteiger charge is 2.37. The van der Waals surface area contributed by atoms with Crippen molar-refractivity contribution in [1.29, 1.82) is 0 Å². The van der Waals surface area contributed by atoms with Crippen LogP contribution in [0.2, 0.25) is 0 Å². The minimum atomic E-state index is -2.96. The molecule has 1 heterocycles. The summed E-state index contributed by atoms with van der Waals surface area (Å²) in [5, 5.41) is 3.20. The smallest absolute Gasteiger partial charge is 0.156 e. The Morgan fingerprint density at radius 1 is 1.11 bits per heavy atom. The molecule has 0 aromatic carbocycles. The second-order valence-corrected chi connectivity index (χ2v) is 8.35. The molecule has 0 aromatic rings. The van der Waals surface area contributed by atoms with Crippen LogP contribution in [0.15, 0.2) is 0 Å². The lowest BCUT2D eigenvalue weighted by atomic mass is 9.95. The Bertz CT molecular complexity index is 363. The molecule has 1 N–H and O–H groups in total. The first-order chi connectivity index (χ1) is 9.14. The second kappa shape index (κ2) is 7.04. The van der Waals surface area contributed by atoms with E-state index in [-0.39, 0.29) is 10.5 Å². The lowest BCUT2D eigenvalue weighted by Gasteiger charge is -2.33. The van der Waals surface area contributed by atoms with E-state index in [0.29, 0.717) is 32.1 Å². The number of hydrogen-bond donors (Lipinski definition) is 1. The van der Waals surface area contributed by atoms with Gasteiger partial charge in [-0.25, -0.2) is 8.42 Å². The quantitative estimate of drug-likeness (QED) is 0.840. The van der Waals surface area contributed by atoms with E-state index in [9.17, 15) is 8.42 Å². The Morgan fingerprint density at radius 2 is 1.84 bits per heavy atom. The van der Waals surface area contributed by atoms with Crippen molar-refractivity contribution in [2.45, 2.75) is 68.4 Å². The van der Waals surface area contributed by atoms with E-state index in [1.54, 1.807) is 0 Å². The van der Waals surface area contributed by atoms with Gasteiger partial charge in [-0.1, -0.05) is 13.3 Å². The molecule has 2 unspecified atom stereocenters. The van der Waals surface area contributed by atoms with E-state index in [1.807, 2.05) is 0 Å².